The number of nitrogens with one attached hydrogen (secondary N) is 1. The summed E-state index contributed by atoms with van der Waals surface area (Å²) in [6.45, 7) is 8.50. The molecule has 1 aromatic heterocycles. The van der Waals surface area contributed by atoms with Gasteiger partial charge < -0.3 is 24.0 Å². The third-order valence-electron chi connectivity index (χ3n) is 9.04. The van der Waals surface area contributed by atoms with Gasteiger partial charge in [-0.3, -0.25) is 9.52 Å². The number of likely N-dealkylation sites (tertiary alicyclic amines) is 2. The van der Waals surface area contributed by atoms with Crippen molar-refractivity contribution in [3.8, 4) is 17.4 Å². The Morgan fingerprint density at radius 3 is 2.16 bits per heavy atom. The van der Waals surface area contributed by atoms with Crippen LogP contribution in [0.25, 0.3) is 0 Å². The Kier molecular flexibility index (Phi) is 11.0. The highest BCUT2D eigenvalue weighted by Gasteiger charge is 2.45. The topological polar surface area (TPSA) is 140 Å². The van der Waals surface area contributed by atoms with Crippen LogP contribution in [0.5, 0.6) is 17.4 Å². The van der Waals surface area contributed by atoms with Crippen molar-refractivity contribution >= 4 is 27.7 Å². The van der Waals surface area contributed by atoms with Crippen LogP contribution >= 0.6 is 0 Å². The van der Waals surface area contributed by atoms with Gasteiger partial charge in [-0.2, -0.15) is 13.2 Å². The summed E-state index contributed by atoms with van der Waals surface area (Å²) in [5, 5.41) is 6.67. The summed E-state index contributed by atoms with van der Waals surface area (Å²) in [5.74, 6) is 0.125. The first-order valence-corrected chi connectivity index (χ1v) is 19.3. The number of rotatable bonds is 10. The second-order valence-corrected chi connectivity index (χ2v) is 16.7. The molecule has 1 N–H and O–H groups in total. The number of aromatic nitrogens is 2. The van der Waals surface area contributed by atoms with Crippen LogP contribution in [-0.2, 0) is 26.7 Å². The van der Waals surface area contributed by atoms with Crippen LogP contribution in [0.1, 0.15) is 73.6 Å². The molecule has 0 saturated carbocycles. The van der Waals surface area contributed by atoms with E-state index in [9.17, 15) is 31.2 Å². The van der Waals surface area contributed by atoms with E-state index in [1.165, 1.54) is 11.0 Å². The first kappa shape index (κ1) is 39.3. The highest BCUT2D eigenvalue weighted by molar-refractivity contribution is 7.91. The van der Waals surface area contributed by atoms with E-state index < -0.39 is 39.2 Å². The molecule has 2 aliphatic rings. The van der Waals surface area contributed by atoms with Crippen molar-refractivity contribution in [2.24, 2.45) is 0 Å². The predicted octanol–water partition coefficient (Wildman–Crippen LogP) is 7.64. The van der Waals surface area contributed by atoms with E-state index >= 15 is 0 Å². The quantitative estimate of drug-likeness (QED) is 0.172. The lowest BCUT2D eigenvalue weighted by molar-refractivity contribution is -0.141. The third-order valence-corrected chi connectivity index (χ3v) is 10.3. The van der Waals surface area contributed by atoms with E-state index in [2.05, 4.69) is 14.9 Å². The summed E-state index contributed by atoms with van der Waals surface area (Å²) < 4.78 is 85.1. The van der Waals surface area contributed by atoms with Gasteiger partial charge >= 0.3 is 12.3 Å². The molecule has 2 saturated heterocycles. The standard InChI is InChI=1S/C39H42F3N5O7S/c1-37(2,3)54-36(49)47-24-38(4,25-47)53-32-15-12-29(22-31(32)45-55(50,51)23-26-8-6-5-7-9-26)35(48)46-20-18-28(19-21-46)27-10-13-30(14-11-27)52-34-17-16-33(43-44-34)39(40,41)42/h5-17,22,28,45H,18-21,23-25H2,1-4H3. The summed E-state index contributed by atoms with van der Waals surface area (Å²) in [7, 11) is -3.93. The average molecular weight is 782 g/mol. The van der Waals surface area contributed by atoms with Crippen molar-refractivity contribution in [1.29, 1.82) is 0 Å². The first-order valence-electron chi connectivity index (χ1n) is 17.7. The summed E-state index contributed by atoms with van der Waals surface area (Å²) in [6.07, 6.45) is -3.73. The van der Waals surface area contributed by atoms with Gasteiger partial charge in [0.05, 0.1) is 24.5 Å². The molecule has 4 aromatic rings. The number of halogens is 3. The lowest BCUT2D eigenvalue weighted by Gasteiger charge is -2.47. The van der Waals surface area contributed by atoms with Gasteiger partial charge in [-0.15, -0.1) is 10.2 Å². The largest absolute Gasteiger partial charge is 0.482 e. The van der Waals surface area contributed by atoms with E-state index in [1.54, 1.807) is 80.3 Å². The zero-order valence-electron chi connectivity index (χ0n) is 30.8. The number of carbonyl (C=O) groups is 2. The number of piperidine rings is 1. The Morgan fingerprint density at radius 1 is 0.891 bits per heavy atom. The smallest absolute Gasteiger partial charge is 0.435 e. The minimum atomic E-state index is -4.59. The predicted molar refractivity (Wildman–Crippen MR) is 197 cm³/mol. The number of alkyl halides is 3. The summed E-state index contributed by atoms with van der Waals surface area (Å²) in [5.41, 5.74) is -0.602. The number of hydrogen-bond donors (Lipinski definition) is 1. The fourth-order valence-electron chi connectivity index (χ4n) is 6.43. The van der Waals surface area contributed by atoms with E-state index in [0.29, 0.717) is 37.2 Å². The van der Waals surface area contributed by atoms with Crippen LogP contribution in [0.3, 0.4) is 0 Å². The number of anilines is 1. The van der Waals surface area contributed by atoms with Crippen LogP contribution in [0, 0.1) is 0 Å². The molecule has 0 bridgehead atoms. The van der Waals surface area contributed by atoms with E-state index in [0.717, 1.165) is 17.7 Å². The van der Waals surface area contributed by atoms with Crippen molar-refractivity contribution in [3.05, 3.63) is 107 Å². The highest BCUT2D eigenvalue weighted by atomic mass is 32.2. The molecule has 0 aliphatic carbocycles. The minimum absolute atomic E-state index is 0.0682. The summed E-state index contributed by atoms with van der Waals surface area (Å²) >= 11 is 0. The van der Waals surface area contributed by atoms with Gasteiger partial charge in [0.2, 0.25) is 15.9 Å². The molecule has 2 aliphatic heterocycles. The molecule has 0 spiro atoms. The van der Waals surface area contributed by atoms with Crippen molar-refractivity contribution < 1.29 is 45.4 Å². The molecule has 0 atom stereocenters. The zero-order chi connectivity index (χ0) is 39.6. The summed E-state index contributed by atoms with van der Waals surface area (Å²) in [4.78, 5) is 29.6. The molecule has 0 radical (unpaired) electrons. The van der Waals surface area contributed by atoms with Crippen LogP contribution in [0.15, 0.2) is 84.9 Å². The lowest BCUT2D eigenvalue weighted by atomic mass is 9.89. The second kappa shape index (κ2) is 15.4. The average Bonchev–Trinajstić information content (AvgIpc) is 3.10. The SMILES string of the molecule is CC(C)(C)OC(=O)N1CC(C)(Oc2ccc(C(=O)N3CCC(c4ccc(Oc5ccc(C(F)(F)F)nn5)cc4)CC3)cc2NS(=O)(=O)Cc2ccccc2)C1. The molecular formula is C39H42F3N5O7S. The van der Waals surface area contributed by atoms with E-state index in [4.69, 9.17) is 14.2 Å². The Hall–Kier alpha value is -5.38. The fraction of sp³-hybridized carbons (Fsp3) is 0.385. The normalized spacial score (nSPS) is 16.2. The maximum atomic E-state index is 13.8. The summed E-state index contributed by atoms with van der Waals surface area (Å²) in [6, 6.07) is 22.4. The fourth-order valence-corrected chi connectivity index (χ4v) is 7.63. The lowest BCUT2D eigenvalue weighted by Crippen LogP contribution is -2.65. The molecule has 12 nitrogen and oxygen atoms in total. The first-order chi connectivity index (χ1) is 25.8. The zero-order valence-corrected chi connectivity index (χ0v) is 31.6. The van der Waals surface area contributed by atoms with Crippen molar-refractivity contribution in [3.63, 3.8) is 0 Å². The number of ether oxygens (including phenoxy) is 3. The van der Waals surface area contributed by atoms with Crippen molar-refractivity contribution in [2.45, 2.75) is 69.6 Å². The Balaban J connectivity index is 1.11. The van der Waals surface area contributed by atoms with Crippen LogP contribution in [0.4, 0.5) is 23.7 Å². The van der Waals surface area contributed by atoms with Gasteiger partial charge in [-0.25, -0.2) is 13.2 Å². The van der Waals surface area contributed by atoms with Crippen molar-refractivity contribution in [1.82, 2.24) is 20.0 Å². The number of sulfonamides is 1. The van der Waals surface area contributed by atoms with Gasteiger partial charge in [0.1, 0.15) is 22.7 Å². The number of benzene rings is 3. The number of amides is 2. The molecule has 0 unspecified atom stereocenters. The number of nitrogens with zero attached hydrogens (tertiary/aromatic N) is 4. The molecule has 2 fully saturated rings. The second-order valence-electron chi connectivity index (χ2n) is 14.9. The van der Waals surface area contributed by atoms with Crippen LogP contribution in [0.2, 0.25) is 0 Å². The third kappa shape index (κ3) is 10.2. The monoisotopic (exact) mass is 781 g/mol. The molecule has 3 heterocycles. The van der Waals surface area contributed by atoms with Gasteiger partial charge in [0.15, 0.2) is 5.69 Å². The molecule has 16 heteroatoms. The van der Waals surface area contributed by atoms with E-state index in [-0.39, 0.29) is 53.5 Å². The van der Waals surface area contributed by atoms with Crippen molar-refractivity contribution in [2.75, 3.05) is 30.9 Å². The molecular weight excluding hydrogens is 740 g/mol. The molecule has 3 aromatic carbocycles. The number of hydrogen-bond acceptors (Lipinski definition) is 9. The highest BCUT2D eigenvalue weighted by Crippen LogP contribution is 2.36. The minimum Gasteiger partial charge on any atom is -0.482 e. The Morgan fingerprint density at radius 2 is 1.56 bits per heavy atom. The molecule has 292 valence electrons. The maximum absolute atomic E-state index is 13.8. The van der Waals surface area contributed by atoms with Gasteiger partial charge in [0, 0.05) is 24.7 Å². The Bertz CT molecular complexity index is 2100. The maximum Gasteiger partial charge on any atom is 0.435 e. The number of carbonyl (C=O) groups excluding carboxylic acids is 2. The molecule has 55 heavy (non-hydrogen) atoms. The van der Waals surface area contributed by atoms with Crippen LogP contribution < -0.4 is 14.2 Å². The van der Waals surface area contributed by atoms with Crippen LogP contribution in [-0.4, -0.2) is 77.8 Å². The molecule has 6 rings (SSSR count). The van der Waals surface area contributed by atoms with Gasteiger partial charge in [-0.05, 0) is 94.0 Å². The Labute approximate surface area is 317 Å². The van der Waals surface area contributed by atoms with E-state index in [1.807, 2.05) is 19.1 Å². The van der Waals surface area contributed by atoms with Gasteiger partial charge in [0.25, 0.3) is 5.91 Å². The molecule has 2 amide bonds. The van der Waals surface area contributed by atoms with Gasteiger partial charge in [-0.1, -0.05) is 42.5 Å².